The molecule has 0 saturated carbocycles. The van der Waals surface area contributed by atoms with E-state index in [1.165, 1.54) is 0 Å². The van der Waals surface area contributed by atoms with Crippen molar-refractivity contribution in [2.45, 2.75) is 18.9 Å². The number of carbonyl (C=O) groups excluding carboxylic acids is 2. The second kappa shape index (κ2) is 11.8. The van der Waals surface area contributed by atoms with Gasteiger partial charge in [-0.1, -0.05) is 0 Å². The van der Waals surface area contributed by atoms with Gasteiger partial charge in [0.15, 0.2) is 0 Å². The van der Waals surface area contributed by atoms with Crippen LogP contribution in [0.3, 0.4) is 0 Å². The monoisotopic (exact) mass is 855 g/mol. The average molecular weight is 855 g/mol. The molecule has 35 heavy (non-hydrogen) atoms. The fraction of sp³-hybridized carbons (Fsp3) is 0.222. The Morgan fingerprint density at radius 2 is 1.74 bits per heavy atom. The summed E-state index contributed by atoms with van der Waals surface area (Å²) < 4.78 is 80.7. The summed E-state index contributed by atoms with van der Waals surface area (Å²) in [4.78, 5) is 35.1. The normalized spacial score (nSPS) is 12.7. The number of nitro groups is 1. The summed E-state index contributed by atoms with van der Waals surface area (Å²) >= 11 is 5.96. The highest BCUT2D eigenvalue weighted by Gasteiger charge is 2.45. The van der Waals surface area contributed by atoms with Gasteiger partial charge in [0.25, 0.3) is 15.8 Å². The number of nitro benzene ring substituents is 1. The van der Waals surface area contributed by atoms with Crippen LogP contribution >= 0.6 is 67.8 Å². The zero-order chi connectivity index (χ0) is 26.7. The predicted molar refractivity (Wildman–Crippen MR) is 138 cm³/mol. The van der Waals surface area contributed by atoms with Crippen molar-refractivity contribution in [1.82, 2.24) is 0 Å². The maximum Gasteiger partial charge on any atom is 0.426 e. The van der Waals surface area contributed by atoms with Crippen molar-refractivity contribution >= 4 is 95.5 Å². The molecular formula is C18H11F3I3NO9S. The molecule has 10 nitrogen and oxygen atoms in total. The maximum atomic E-state index is 13.0. The molecule has 1 N–H and O–H groups in total. The maximum absolute atomic E-state index is 13.0. The van der Waals surface area contributed by atoms with E-state index in [0.29, 0.717) is 9.64 Å². The van der Waals surface area contributed by atoms with Gasteiger partial charge in [0.1, 0.15) is 12.4 Å². The number of ether oxygens (including phenoxy) is 2. The fourth-order valence-electron chi connectivity index (χ4n) is 2.49. The van der Waals surface area contributed by atoms with Crippen LogP contribution in [0.15, 0.2) is 30.3 Å². The van der Waals surface area contributed by atoms with Crippen LogP contribution in [-0.2, 0) is 26.2 Å². The smallest absolute Gasteiger partial charge is 0.426 e. The molecule has 0 radical (unpaired) electrons. The molecular weight excluding hydrogens is 844 g/mol. The number of esters is 2. The number of nitrogens with zero attached hydrogens (tertiary/aromatic N) is 1. The molecule has 1 atom stereocenters. The average Bonchev–Trinajstić information content (AvgIpc) is 2.72. The minimum atomic E-state index is -5.34. The first-order valence-corrected chi connectivity index (χ1v) is 13.7. The largest absolute Gasteiger partial charge is 0.457 e. The minimum absolute atomic E-state index is 0.166. The van der Waals surface area contributed by atoms with Crippen molar-refractivity contribution in [3.63, 3.8) is 0 Å². The van der Waals surface area contributed by atoms with Crippen LogP contribution in [0, 0.1) is 20.8 Å². The quantitative estimate of drug-likeness (QED) is 0.0993. The molecule has 2 rings (SSSR count). The zero-order valence-electron chi connectivity index (χ0n) is 16.7. The highest BCUT2D eigenvalue weighted by molar-refractivity contribution is 14.1. The van der Waals surface area contributed by atoms with E-state index in [1.54, 1.807) is 6.07 Å². The van der Waals surface area contributed by atoms with Crippen LogP contribution in [0.2, 0.25) is 0 Å². The highest BCUT2D eigenvalue weighted by Crippen LogP contribution is 2.28. The number of benzene rings is 2. The van der Waals surface area contributed by atoms with Gasteiger partial charge in [0, 0.05) is 16.8 Å². The van der Waals surface area contributed by atoms with Gasteiger partial charge < -0.3 is 9.47 Å². The molecule has 0 bridgehead atoms. The van der Waals surface area contributed by atoms with Crippen LogP contribution in [-0.4, -0.2) is 47.9 Å². The molecule has 190 valence electrons. The molecule has 1 unspecified atom stereocenters. The van der Waals surface area contributed by atoms with E-state index in [0.717, 1.165) is 19.3 Å². The van der Waals surface area contributed by atoms with E-state index in [4.69, 9.17) is 9.29 Å². The summed E-state index contributed by atoms with van der Waals surface area (Å²) in [6, 6.07) is 5.85. The van der Waals surface area contributed by atoms with Crippen molar-refractivity contribution in [2.75, 3.05) is 5.75 Å². The third kappa shape index (κ3) is 8.63. The van der Waals surface area contributed by atoms with E-state index >= 15 is 0 Å². The molecule has 0 aliphatic heterocycles. The van der Waals surface area contributed by atoms with Crippen molar-refractivity contribution in [1.29, 1.82) is 0 Å². The molecule has 2 aromatic rings. The number of hydrogen-bond acceptors (Lipinski definition) is 8. The molecule has 17 heteroatoms. The third-order valence-electron chi connectivity index (χ3n) is 4.07. The van der Waals surface area contributed by atoms with Crippen LogP contribution in [0.25, 0.3) is 0 Å². The van der Waals surface area contributed by atoms with Crippen LogP contribution in [0.4, 0.5) is 18.9 Å². The molecule has 0 aliphatic carbocycles. The van der Waals surface area contributed by atoms with Gasteiger partial charge in [-0.3, -0.25) is 14.7 Å². The van der Waals surface area contributed by atoms with Crippen LogP contribution < -0.4 is 0 Å². The topological polar surface area (TPSA) is 150 Å². The number of hydrogen-bond donors (Lipinski definition) is 1. The van der Waals surface area contributed by atoms with Crippen molar-refractivity contribution in [2.24, 2.45) is 0 Å². The Hall–Kier alpha value is -1.33. The Bertz CT molecular complexity index is 1290. The summed E-state index contributed by atoms with van der Waals surface area (Å²) in [7, 11) is -5.17. The van der Waals surface area contributed by atoms with E-state index in [1.807, 2.05) is 73.8 Å². The lowest BCUT2D eigenvalue weighted by Crippen LogP contribution is -2.39. The van der Waals surface area contributed by atoms with Crippen molar-refractivity contribution in [3.05, 3.63) is 67.8 Å². The summed E-state index contributed by atoms with van der Waals surface area (Å²) in [5.41, 5.74) is -1.39. The summed E-state index contributed by atoms with van der Waals surface area (Å²) in [6.07, 6.45) is -8.54. The van der Waals surface area contributed by atoms with Gasteiger partial charge in [0.05, 0.1) is 21.6 Å². The first-order chi connectivity index (χ1) is 16.0. The predicted octanol–water partition coefficient (Wildman–Crippen LogP) is 4.74. The first-order valence-electron chi connectivity index (χ1n) is 8.81. The minimum Gasteiger partial charge on any atom is -0.457 e. The summed E-state index contributed by atoms with van der Waals surface area (Å²) in [5, 5.41) is 11.4. The molecule has 0 aliphatic rings. The van der Waals surface area contributed by atoms with Gasteiger partial charge in [-0.25, -0.2) is 9.59 Å². The molecule has 0 saturated heterocycles. The second-order valence-electron chi connectivity index (χ2n) is 6.61. The van der Waals surface area contributed by atoms with Crippen molar-refractivity contribution < 1.29 is 50.1 Å². The SMILES string of the molecule is O=C(OC(CS(=O)(=O)O)C(F)(F)F)c1ccc(COC(=O)c2cc(I)cc(I)c2I)c([N+](=O)[O-])c1. The Balaban J connectivity index is 2.26. The fourth-order valence-corrected chi connectivity index (χ4v) is 5.51. The van der Waals surface area contributed by atoms with Gasteiger partial charge in [-0.15, -0.1) is 0 Å². The Labute approximate surface area is 236 Å². The van der Waals surface area contributed by atoms with Gasteiger partial charge in [-0.05, 0) is 92.0 Å². The Morgan fingerprint density at radius 3 is 2.29 bits per heavy atom. The van der Waals surface area contributed by atoms with Gasteiger partial charge in [0.2, 0.25) is 6.10 Å². The van der Waals surface area contributed by atoms with Crippen LogP contribution in [0.1, 0.15) is 26.3 Å². The zero-order valence-corrected chi connectivity index (χ0v) is 24.0. The van der Waals surface area contributed by atoms with E-state index in [2.05, 4.69) is 4.74 Å². The molecule has 0 fully saturated rings. The molecule has 0 heterocycles. The summed E-state index contributed by atoms with van der Waals surface area (Å²) in [5.74, 6) is -4.44. The van der Waals surface area contributed by atoms with E-state index in [9.17, 15) is 41.3 Å². The van der Waals surface area contributed by atoms with E-state index < -0.39 is 62.9 Å². The first kappa shape index (κ1) is 29.9. The second-order valence-corrected chi connectivity index (χ2v) is 11.6. The molecule has 0 spiro atoms. The lowest BCUT2D eigenvalue weighted by molar-refractivity contribution is -0.385. The third-order valence-corrected chi connectivity index (χ3v) is 8.46. The van der Waals surface area contributed by atoms with Crippen LogP contribution in [0.5, 0.6) is 0 Å². The van der Waals surface area contributed by atoms with Gasteiger partial charge in [-0.2, -0.15) is 21.6 Å². The summed E-state index contributed by atoms with van der Waals surface area (Å²) in [6.45, 7) is -0.587. The lowest BCUT2D eigenvalue weighted by atomic mass is 10.1. The Morgan fingerprint density at radius 1 is 1.11 bits per heavy atom. The van der Waals surface area contributed by atoms with Gasteiger partial charge >= 0.3 is 18.1 Å². The highest BCUT2D eigenvalue weighted by atomic mass is 127. The molecule has 0 aromatic heterocycles. The Kier molecular flexibility index (Phi) is 10.1. The molecule has 0 amide bonds. The number of alkyl halides is 3. The standard InChI is InChI=1S/C18H11F3I3NO9S/c19-18(20,21)14(7-35(30,31)32)34-16(26)8-1-2-9(13(3-8)25(28)29)6-33-17(27)11-4-10(22)5-12(23)15(11)24/h1-5,14H,6-7H2,(H,30,31,32). The molecule has 2 aromatic carbocycles. The number of carbonyl (C=O) groups is 2. The lowest BCUT2D eigenvalue weighted by Gasteiger charge is -2.19. The van der Waals surface area contributed by atoms with Crippen molar-refractivity contribution in [3.8, 4) is 0 Å². The number of rotatable bonds is 8. The van der Waals surface area contributed by atoms with E-state index in [-0.39, 0.29) is 11.1 Å². The number of halogens is 6.